The van der Waals surface area contributed by atoms with Crippen molar-refractivity contribution in [3.63, 3.8) is 0 Å². The maximum Gasteiger partial charge on any atom is 0.264 e. The Balaban J connectivity index is 2.08. The predicted molar refractivity (Wildman–Crippen MR) is 166 cm³/mol. The molecule has 0 aliphatic carbocycles. The molecule has 0 bridgehead atoms. The number of amides is 2. The van der Waals surface area contributed by atoms with Crippen molar-refractivity contribution in [3.05, 3.63) is 93.5 Å². The normalized spacial score (nSPS) is 12.2. The van der Waals surface area contributed by atoms with Gasteiger partial charge in [0.15, 0.2) is 0 Å². The summed E-state index contributed by atoms with van der Waals surface area (Å²) in [5.74, 6) is -0.602. The first-order valence-corrected chi connectivity index (χ1v) is 15.7. The Morgan fingerprint density at radius 2 is 1.51 bits per heavy atom. The van der Waals surface area contributed by atoms with E-state index in [1.165, 1.54) is 23.1 Å². The van der Waals surface area contributed by atoms with Gasteiger partial charge in [0, 0.05) is 23.1 Å². The number of rotatable bonds is 12. The third-order valence-corrected chi connectivity index (χ3v) is 8.93. The van der Waals surface area contributed by atoms with Gasteiger partial charge in [-0.15, -0.1) is 0 Å². The van der Waals surface area contributed by atoms with Crippen LogP contribution in [0, 0.1) is 19.8 Å². The SMILES string of the molecule is CC[C@@H](C(=O)NCC(C)C)N(Cc1ccc(Cl)cc1)C(=O)CN(c1cc(Cl)ccc1C)S(=O)(=O)c1ccc(C)cc1. The number of benzene rings is 3. The Morgan fingerprint density at radius 3 is 2.10 bits per heavy atom. The first-order valence-electron chi connectivity index (χ1n) is 13.5. The number of anilines is 1. The van der Waals surface area contributed by atoms with Gasteiger partial charge in [-0.1, -0.05) is 79.9 Å². The summed E-state index contributed by atoms with van der Waals surface area (Å²) in [5, 5.41) is 3.80. The van der Waals surface area contributed by atoms with Crippen LogP contribution in [-0.2, 0) is 26.2 Å². The molecule has 0 saturated carbocycles. The van der Waals surface area contributed by atoms with Crippen LogP contribution < -0.4 is 9.62 Å². The summed E-state index contributed by atoms with van der Waals surface area (Å²) in [7, 11) is -4.18. The number of hydrogen-bond acceptors (Lipinski definition) is 4. The summed E-state index contributed by atoms with van der Waals surface area (Å²) in [6.45, 7) is 9.43. The lowest BCUT2D eigenvalue weighted by molar-refractivity contribution is -0.140. The van der Waals surface area contributed by atoms with E-state index in [9.17, 15) is 18.0 Å². The first-order chi connectivity index (χ1) is 19.3. The van der Waals surface area contributed by atoms with E-state index in [-0.39, 0.29) is 29.0 Å². The molecule has 0 fully saturated rings. The molecule has 2 amide bonds. The number of nitrogens with one attached hydrogen (secondary N) is 1. The number of hydrogen-bond donors (Lipinski definition) is 1. The van der Waals surface area contributed by atoms with Gasteiger partial charge in [0.2, 0.25) is 11.8 Å². The van der Waals surface area contributed by atoms with Crippen LogP contribution in [0.4, 0.5) is 5.69 Å². The fourth-order valence-electron chi connectivity index (χ4n) is 4.33. The maximum absolute atomic E-state index is 14.2. The van der Waals surface area contributed by atoms with E-state index in [0.717, 1.165) is 15.4 Å². The van der Waals surface area contributed by atoms with Gasteiger partial charge >= 0.3 is 0 Å². The quantitative estimate of drug-likeness (QED) is 0.255. The van der Waals surface area contributed by atoms with E-state index in [0.29, 0.717) is 28.6 Å². The molecule has 0 radical (unpaired) electrons. The number of carbonyl (C=O) groups excluding carboxylic acids is 2. The van der Waals surface area contributed by atoms with Crippen molar-refractivity contribution < 1.29 is 18.0 Å². The van der Waals surface area contributed by atoms with Crippen LogP contribution in [0.2, 0.25) is 10.0 Å². The van der Waals surface area contributed by atoms with Crippen molar-refractivity contribution in [2.45, 2.75) is 58.5 Å². The molecule has 0 spiro atoms. The minimum Gasteiger partial charge on any atom is -0.354 e. The van der Waals surface area contributed by atoms with E-state index in [1.807, 2.05) is 27.7 Å². The van der Waals surface area contributed by atoms with Gasteiger partial charge in [0.05, 0.1) is 10.6 Å². The molecule has 220 valence electrons. The van der Waals surface area contributed by atoms with Crippen molar-refractivity contribution in [2.75, 3.05) is 17.4 Å². The fourth-order valence-corrected chi connectivity index (χ4v) is 6.09. The molecule has 3 aromatic carbocycles. The summed E-state index contributed by atoms with van der Waals surface area (Å²) >= 11 is 12.4. The smallest absolute Gasteiger partial charge is 0.264 e. The van der Waals surface area contributed by atoms with Crippen LogP contribution in [0.1, 0.15) is 43.9 Å². The fraction of sp³-hybridized carbons (Fsp3) is 0.355. The summed E-state index contributed by atoms with van der Waals surface area (Å²) < 4.78 is 29.1. The molecule has 0 heterocycles. The lowest BCUT2D eigenvalue weighted by Crippen LogP contribution is -2.52. The largest absolute Gasteiger partial charge is 0.354 e. The third-order valence-electron chi connectivity index (χ3n) is 6.66. The highest BCUT2D eigenvalue weighted by Gasteiger charge is 2.34. The number of carbonyl (C=O) groups is 2. The highest BCUT2D eigenvalue weighted by atomic mass is 35.5. The van der Waals surface area contributed by atoms with E-state index in [2.05, 4.69) is 5.32 Å². The van der Waals surface area contributed by atoms with Crippen LogP contribution in [0.3, 0.4) is 0 Å². The second kappa shape index (κ2) is 14.2. The summed E-state index contributed by atoms with van der Waals surface area (Å²) in [6.07, 6.45) is 0.337. The highest BCUT2D eigenvalue weighted by molar-refractivity contribution is 7.92. The number of nitrogens with zero attached hydrogens (tertiary/aromatic N) is 2. The van der Waals surface area contributed by atoms with E-state index >= 15 is 0 Å². The molecular weight excluding hydrogens is 581 g/mol. The average Bonchev–Trinajstić information content (AvgIpc) is 2.93. The lowest BCUT2D eigenvalue weighted by atomic mass is 10.1. The molecule has 1 atom stereocenters. The second-order valence-corrected chi connectivity index (χ2v) is 13.2. The topological polar surface area (TPSA) is 86.8 Å². The zero-order chi connectivity index (χ0) is 30.3. The van der Waals surface area contributed by atoms with Gasteiger partial charge in [-0.05, 0) is 73.7 Å². The molecule has 0 aromatic heterocycles. The van der Waals surface area contributed by atoms with E-state index in [1.54, 1.807) is 55.5 Å². The molecule has 3 aromatic rings. The molecule has 0 aliphatic rings. The van der Waals surface area contributed by atoms with Gasteiger partial charge in [0.25, 0.3) is 10.0 Å². The summed E-state index contributed by atoms with van der Waals surface area (Å²) in [6, 6.07) is 17.5. The van der Waals surface area contributed by atoms with Crippen molar-refractivity contribution in [3.8, 4) is 0 Å². The average molecular weight is 619 g/mol. The zero-order valence-electron chi connectivity index (χ0n) is 24.0. The molecule has 1 N–H and O–H groups in total. The van der Waals surface area contributed by atoms with Gasteiger partial charge < -0.3 is 10.2 Å². The minimum absolute atomic E-state index is 0.0428. The second-order valence-electron chi connectivity index (χ2n) is 10.5. The van der Waals surface area contributed by atoms with E-state index < -0.39 is 28.5 Å². The highest BCUT2D eigenvalue weighted by Crippen LogP contribution is 2.30. The Morgan fingerprint density at radius 1 is 0.902 bits per heavy atom. The van der Waals surface area contributed by atoms with Gasteiger partial charge in [-0.3, -0.25) is 13.9 Å². The lowest BCUT2D eigenvalue weighted by Gasteiger charge is -2.33. The number of halogens is 2. The monoisotopic (exact) mass is 617 g/mol. The third kappa shape index (κ3) is 8.47. The van der Waals surface area contributed by atoms with Gasteiger partial charge in [-0.25, -0.2) is 8.42 Å². The maximum atomic E-state index is 14.2. The van der Waals surface area contributed by atoms with Crippen LogP contribution >= 0.6 is 23.2 Å². The molecule has 0 saturated heterocycles. The number of aryl methyl sites for hydroxylation is 2. The molecule has 7 nitrogen and oxygen atoms in total. The first kappa shape index (κ1) is 32.4. The standard InChI is InChI=1S/C31H37Cl2N3O4S/c1-6-28(31(38)34-18-21(2)3)35(19-24-10-13-25(32)14-11-24)30(37)20-36(29-17-26(33)12-9-23(29)5)41(39,40)27-15-7-22(4)8-16-27/h7-17,21,28H,6,18-20H2,1-5H3,(H,34,38)/t28-/m0/s1. The summed E-state index contributed by atoms with van der Waals surface area (Å²) in [5.41, 5.74) is 2.57. The van der Waals surface area contributed by atoms with Crippen molar-refractivity contribution >= 4 is 50.7 Å². The molecule has 10 heteroatoms. The van der Waals surface area contributed by atoms with Crippen LogP contribution in [0.15, 0.2) is 71.6 Å². The van der Waals surface area contributed by atoms with Gasteiger partial charge in [-0.2, -0.15) is 0 Å². The molecule has 3 rings (SSSR count). The van der Waals surface area contributed by atoms with Crippen molar-refractivity contribution in [2.24, 2.45) is 5.92 Å². The van der Waals surface area contributed by atoms with Crippen LogP contribution in [-0.4, -0.2) is 44.3 Å². The Kier molecular flexibility index (Phi) is 11.2. The Bertz CT molecular complexity index is 1460. The Hall–Kier alpha value is -3.07. The van der Waals surface area contributed by atoms with Crippen molar-refractivity contribution in [1.29, 1.82) is 0 Å². The molecule has 0 aliphatic heterocycles. The predicted octanol–water partition coefficient (Wildman–Crippen LogP) is 6.39. The summed E-state index contributed by atoms with van der Waals surface area (Å²) in [4.78, 5) is 28.9. The van der Waals surface area contributed by atoms with Crippen LogP contribution in [0.25, 0.3) is 0 Å². The molecular formula is C31H37Cl2N3O4S. The van der Waals surface area contributed by atoms with Crippen LogP contribution in [0.5, 0.6) is 0 Å². The van der Waals surface area contributed by atoms with Gasteiger partial charge in [0.1, 0.15) is 12.6 Å². The van der Waals surface area contributed by atoms with E-state index in [4.69, 9.17) is 23.2 Å². The molecule has 41 heavy (non-hydrogen) atoms. The number of sulfonamides is 1. The minimum atomic E-state index is -4.18. The zero-order valence-corrected chi connectivity index (χ0v) is 26.4. The molecule has 0 unspecified atom stereocenters. The Labute approximate surface area is 253 Å². The van der Waals surface area contributed by atoms with Crippen molar-refractivity contribution in [1.82, 2.24) is 10.2 Å².